The fraction of sp³-hybridized carbons (Fsp3) is 0.643. The number of allylic oxidation sites excluding steroid dienone is 1. The fourth-order valence-corrected chi connectivity index (χ4v) is 2.29. The van der Waals surface area contributed by atoms with Crippen molar-refractivity contribution < 1.29 is 19.5 Å². The molecule has 4 heteroatoms. The molecular formula is C14H20O4. The van der Waals surface area contributed by atoms with Crippen LogP contribution in [0.5, 0.6) is 0 Å². The van der Waals surface area contributed by atoms with Crippen LogP contribution >= 0.6 is 0 Å². The minimum absolute atomic E-state index is 0.00218. The average molecular weight is 252 g/mol. The van der Waals surface area contributed by atoms with Gasteiger partial charge in [-0.1, -0.05) is 27.2 Å². The fourth-order valence-electron chi connectivity index (χ4n) is 2.29. The van der Waals surface area contributed by atoms with Crippen molar-refractivity contribution in [3.05, 3.63) is 11.1 Å². The number of ketones is 2. The first-order valence-electron chi connectivity index (χ1n) is 6.31. The van der Waals surface area contributed by atoms with E-state index in [1.165, 1.54) is 0 Å². The summed E-state index contributed by atoms with van der Waals surface area (Å²) >= 11 is 0. The van der Waals surface area contributed by atoms with Gasteiger partial charge in [-0.2, -0.15) is 0 Å². The summed E-state index contributed by atoms with van der Waals surface area (Å²) in [7, 11) is 0. The van der Waals surface area contributed by atoms with Crippen LogP contribution in [0.1, 0.15) is 52.9 Å². The van der Waals surface area contributed by atoms with Crippen molar-refractivity contribution in [2.75, 3.05) is 0 Å². The van der Waals surface area contributed by atoms with Crippen LogP contribution in [0.25, 0.3) is 0 Å². The molecule has 18 heavy (non-hydrogen) atoms. The number of carbonyl (C=O) groups is 3. The van der Waals surface area contributed by atoms with Crippen molar-refractivity contribution in [2.24, 2.45) is 5.41 Å². The van der Waals surface area contributed by atoms with Gasteiger partial charge in [0.15, 0.2) is 11.6 Å². The number of carboxylic acid groups (broad SMARTS) is 1. The number of unbranched alkanes of at least 4 members (excludes halogenated alkanes) is 1. The van der Waals surface area contributed by atoms with Gasteiger partial charge in [0, 0.05) is 12.8 Å². The highest BCUT2D eigenvalue weighted by atomic mass is 16.4. The zero-order valence-corrected chi connectivity index (χ0v) is 11.2. The second-order valence-corrected chi connectivity index (χ2v) is 5.63. The van der Waals surface area contributed by atoms with Gasteiger partial charge in [0.05, 0.1) is 11.1 Å². The monoisotopic (exact) mass is 252 g/mol. The van der Waals surface area contributed by atoms with E-state index in [2.05, 4.69) is 0 Å². The van der Waals surface area contributed by atoms with Gasteiger partial charge in [-0.05, 0) is 18.3 Å². The smallest absolute Gasteiger partial charge is 0.332 e. The van der Waals surface area contributed by atoms with Crippen molar-refractivity contribution in [3.8, 4) is 0 Å². The molecule has 0 saturated heterocycles. The Labute approximate surface area is 107 Å². The molecule has 0 aromatic heterocycles. The Morgan fingerprint density at radius 1 is 1.22 bits per heavy atom. The van der Waals surface area contributed by atoms with Crippen LogP contribution in [0.3, 0.4) is 0 Å². The molecule has 1 saturated carbocycles. The topological polar surface area (TPSA) is 71.4 Å². The molecule has 0 spiro atoms. The third kappa shape index (κ3) is 3.28. The maximum Gasteiger partial charge on any atom is 0.332 e. The maximum atomic E-state index is 12.0. The molecule has 1 rings (SSSR count). The molecule has 1 aliphatic rings. The number of Topliss-reactive ketones (excluding diaryl/α,β-unsaturated/α-hetero) is 2. The summed E-state index contributed by atoms with van der Waals surface area (Å²) in [5.74, 6) is -1.77. The molecule has 4 nitrogen and oxygen atoms in total. The summed E-state index contributed by atoms with van der Waals surface area (Å²) in [4.78, 5) is 35.2. The van der Waals surface area contributed by atoms with Gasteiger partial charge < -0.3 is 5.11 Å². The lowest BCUT2D eigenvalue weighted by molar-refractivity contribution is -0.135. The van der Waals surface area contributed by atoms with Crippen LogP contribution in [-0.4, -0.2) is 22.6 Å². The Morgan fingerprint density at radius 3 is 2.11 bits per heavy atom. The zero-order valence-electron chi connectivity index (χ0n) is 11.2. The highest BCUT2D eigenvalue weighted by Gasteiger charge is 2.38. The average Bonchev–Trinajstić information content (AvgIpc) is 2.19. The van der Waals surface area contributed by atoms with Crippen molar-refractivity contribution in [2.45, 2.75) is 52.9 Å². The van der Waals surface area contributed by atoms with Crippen molar-refractivity contribution >= 4 is 17.5 Å². The second kappa shape index (κ2) is 5.46. The van der Waals surface area contributed by atoms with Crippen LogP contribution in [0, 0.1) is 5.41 Å². The standard InChI is InChI=1S/C14H20O4/c1-4-5-6-9(13(17)18)12-10(15)7-14(2,3)8-11(12)16/h4-8H2,1-3H3,(H,17,18). The quantitative estimate of drug-likeness (QED) is 0.616. The van der Waals surface area contributed by atoms with Gasteiger partial charge in [0.25, 0.3) is 0 Å². The molecule has 0 radical (unpaired) electrons. The Balaban J connectivity index is 3.13. The Bertz CT molecular complexity index is 394. The maximum absolute atomic E-state index is 12.0. The third-order valence-electron chi connectivity index (χ3n) is 3.18. The number of carboxylic acids is 1. The SMILES string of the molecule is CCCCC(C(=O)O)=C1C(=O)CC(C)(C)CC1=O. The summed E-state index contributed by atoms with van der Waals surface area (Å²) in [6.45, 7) is 5.65. The van der Waals surface area contributed by atoms with Gasteiger partial charge in [-0.3, -0.25) is 9.59 Å². The van der Waals surface area contributed by atoms with E-state index in [9.17, 15) is 14.4 Å². The van der Waals surface area contributed by atoms with Gasteiger partial charge in [-0.15, -0.1) is 0 Å². The Hall–Kier alpha value is -1.45. The summed E-state index contributed by atoms with van der Waals surface area (Å²) in [5.41, 5.74) is -0.413. The first-order valence-corrected chi connectivity index (χ1v) is 6.31. The predicted octanol–water partition coefficient (Wildman–Crippen LogP) is 2.52. The lowest BCUT2D eigenvalue weighted by atomic mass is 9.72. The van der Waals surface area contributed by atoms with E-state index < -0.39 is 5.97 Å². The van der Waals surface area contributed by atoms with Crippen LogP contribution in [0.4, 0.5) is 0 Å². The second-order valence-electron chi connectivity index (χ2n) is 5.63. The van der Waals surface area contributed by atoms with E-state index in [-0.39, 0.29) is 41.0 Å². The van der Waals surface area contributed by atoms with Gasteiger partial charge in [0.1, 0.15) is 0 Å². The molecular weight excluding hydrogens is 232 g/mol. The number of carbonyl (C=O) groups excluding carboxylic acids is 2. The molecule has 1 aliphatic carbocycles. The van der Waals surface area contributed by atoms with Crippen LogP contribution in [0.15, 0.2) is 11.1 Å². The van der Waals surface area contributed by atoms with Gasteiger partial charge in [0.2, 0.25) is 0 Å². The molecule has 0 unspecified atom stereocenters. The highest BCUT2D eigenvalue weighted by Crippen LogP contribution is 2.35. The van der Waals surface area contributed by atoms with Gasteiger partial charge in [-0.25, -0.2) is 4.79 Å². The Morgan fingerprint density at radius 2 is 1.72 bits per heavy atom. The Kier molecular flexibility index (Phi) is 4.43. The molecule has 0 aliphatic heterocycles. The van der Waals surface area contributed by atoms with Crippen molar-refractivity contribution in [3.63, 3.8) is 0 Å². The van der Waals surface area contributed by atoms with Crippen LogP contribution in [0.2, 0.25) is 0 Å². The number of aliphatic carboxylic acids is 1. The molecule has 0 heterocycles. The first kappa shape index (κ1) is 14.6. The van der Waals surface area contributed by atoms with E-state index >= 15 is 0 Å². The predicted molar refractivity (Wildman–Crippen MR) is 67.2 cm³/mol. The van der Waals surface area contributed by atoms with Crippen LogP contribution in [-0.2, 0) is 14.4 Å². The molecule has 0 atom stereocenters. The minimum Gasteiger partial charge on any atom is -0.478 e. The zero-order chi connectivity index (χ0) is 13.9. The van der Waals surface area contributed by atoms with Crippen LogP contribution < -0.4 is 0 Å². The summed E-state index contributed by atoms with van der Waals surface area (Å²) in [6, 6.07) is 0. The molecule has 0 aromatic rings. The molecule has 1 N–H and O–H groups in total. The molecule has 100 valence electrons. The van der Waals surface area contributed by atoms with E-state index in [1.54, 1.807) is 0 Å². The van der Waals surface area contributed by atoms with E-state index in [0.717, 1.165) is 6.42 Å². The van der Waals surface area contributed by atoms with E-state index in [1.807, 2.05) is 20.8 Å². The number of rotatable bonds is 4. The lowest BCUT2D eigenvalue weighted by Gasteiger charge is -2.29. The minimum atomic E-state index is -1.14. The van der Waals surface area contributed by atoms with E-state index in [4.69, 9.17) is 5.11 Å². The molecule has 0 amide bonds. The largest absolute Gasteiger partial charge is 0.478 e. The number of hydrogen-bond donors (Lipinski definition) is 1. The van der Waals surface area contributed by atoms with Crippen molar-refractivity contribution in [1.82, 2.24) is 0 Å². The normalized spacial score (nSPS) is 18.9. The first-order chi connectivity index (χ1) is 8.28. The van der Waals surface area contributed by atoms with Crippen molar-refractivity contribution in [1.29, 1.82) is 0 Å². The van der Waals surface area contributed by atoms with E-state index in [0.29, 0.717) is 12.8 Å². The summed E-state index contributed by atoms with van der Waals surface area (Å²) in [6.07, 6.45) is 2.29. The highest BCUT2D eigenvalue weighted by molar-refractivity contribution is 6.25. The summed E-state index contributed by atoms with van der Waals surface area (Å²) < 4.78 is 0. The molecule has 1 fully saturated rings. The number of hydrogen-bond acceptors (Lipinski definition) is 3. The third-order valence-corrected chi connectivity index (χ3v) is 3.18. The molecule has 0 bridgehead atoms. The molecule has 0 aromatic carbocycles. The lowest BCUT2D eigenvalue weighted by Crippen LogP contribution is -2.33. The summed E-state index contributed by atoms with van der Waals surface area (Å²) in [5, 5.41) is 9.16. The van der Waals surface area contributed by atoms with Gasteiger partial charge >= 0.3 is 5.97 Å².